The maximum Gasteiger partial charge on any atom is 0.418 e. The van der Waals surface area contributed by atoms with Gasteiger partial charge in [0, 0.05) is 42.7 Å². The minimum atomic E-state index is -4.46. The second kappa shape index (κ2) is 11.8. The lowest BCUT2D eigenvalue weighted by Crippen LogP contribution is -2.41. The first-order valence-electron chi connectivity index (χ1n) is 12.5. The normalized spacial score (nSPS) is 17.3. The SMILES string of the molecule is Cc1ccc(C(=O)CCC[C@@]2(C(=O)NCc3ccc(Nc4ccccc4C(F)(F)F)cc3)CCOC2)cn1. The van der Waals surface area contributed by atoms with Crippen molar-refractivity contribution < 1.29 is 27.5 Å². The number of nitrogens with zero attached hydrogens (tertiary/aromatic N) is 1. The van der Waals surface area contributed by atoms with Gasteiger partial charge in [-0.05, 0) is 68.1 Å². The van der Waals surface area contributed by atoms with Crippen LogP contribution < -0.4 is 10.6 Å². The number of anilines is 2. The zero-order chi connectivity index (χ0) is 27.2. The van der Waals surface area contributed by atoms with Crippen LogP contribution in [-0.2, 0) is 22.3 Å². The molecule has 2 N–H and O–H groups in total. The van der Waals surface area contributed by atoms with Crippen LogP contribution in [0.5, 0.6) is 0 Å². The smallest absolute Gasteiger partial charge is 0.380 e. The first-order chi connectivity index (χ1) is 18.2. The second-order valence-corrected chi connectivity index (χ2v) is 9.60. The van der Waals surface area contributed by atoms with E-state index in [-0.39, 0.29) is 23.9 Å². The number of para-hydroxylation sites is 1. The number of carbonyl (C=O) groups excluding carboxylic acids is 2. The van der Waals surface area contributed by atoms with Gasteiger partial charge in [0.05, 0.1) is 23.3 Å². The molecule has 3 aromatic rings. The van der Waals surface area contributed by atoms with E-state index < -0.39 is 17.2 Å². The minimum Gasteiger partial charge on any atom is -0.380 e. The average molecular weight is 526 g/mol. The summed E-state index contributed by atoms with van der Waals surface area (Å²) in [4.78, 5) is 29.8. The van der Waals surface area contributed by atoms with E-state index in [1.165, 1.54) is 12.1 Å². The molecule has 200 valence electrons. The molecule has 9 heteroatoms. The molecular formula is C29H30F3N3O3. The number of carbonyl (C=O) groups is 2. The van der Waals surface area contributed by atoms with E-state index in [0.717, 1.165) is 17.3 Å². The van der Waals surface area contributed by atoms with Crippen molar-refractivity contribution in [2.45, 2.75) is 45.3 Å². The third kappa shape index (κ3) is 6.77. The van der Waals surface area contributed by atoms with Crippen LogP contribution in [0, 0.1) is 12.3 Å². The van der Waals surface area contributed by atoms with E-state index in [1.807, 2.05) is 6.92 Å². The number of hydrogen-bond acceptors (Lipinski definition) is 5. The van der Waals surface area contributed by atoms with Crippen molar-refractivity contribution >= 4 is 23.1 Å². The van der Waals surface area contributed by atoms with Crippen LogP contribution in [0.15, 0.2) is 66.9 Å². The quantitative estimate of drug-likeness (QED) is 0.307. The fourth-order valence-electron chi connectivity index (χ4n) is 4.53. The third-order valence-corrected chi connectivity index (χ3v) is 6.80. The maximum atomic E-state index is 13.3. The molecule has 1 aliphatic rings. The van der Waals surface area contributed by atoms with Gasteiger partial charge in [0.2, 0.25) is 5.91 Å². The van der Waals surface area contributed by atoms with Gasteiger partial charge < -0.3 is 15.4 Å². The highest BCUT2D eigenvalue weighted by molar-refractivity contribution is 5.95. The van der Waals surface area contributed by atoms with Gasteiger partial charge in [0.1, 0.15) is 0 Å². The van der Waals surface area contributed by atoms with E-state index in [2.05, 4.69) is 15.6 Å². The molecule has 0 unspecified atom stereocenters. The van der Waals surface area contributed by atoms with Crippen molar-refractivity contribution in [3.05, 3.63) is 89.2 Å². The number of Topliss-reactive ketones (excluding diaryl/α,β-unsaturated/α-hetero) is 1. The van der Waals surface area contributed by atoms with E-state index in [0.29, 0.717) is 50.1 Å². The molecule has 1 aromatic heterocycles. The fourth-order valence-corrected chi connectivity index (χ4v) is 4.53. The monoisotopic (exact) mass is 525 g/mol. The van der Waals surface area contributed by atoms with Gasteiger partial charge in [-0.25, -0.2) is 0 Å². The summed E-state index contributed by atoms with van der Waals surface area (Å²) in [5.41, 5.74) is 1.28. The summed E-state index contributed by atoms with van der Waals surface area (Å²) in [7, 11) is 0. The van der Waals surface area contributed by atoms with Crippen molar-refractivity contribution in [2.24, 2.45) is 5.41 Å². The van der Waals surface area contributed by atoms with Crippen LogP contribution >= 0.6 is 0 Å². The van der Waals surface area contributed by atoms with Crippen molar-refractivity contribution in [3.63, 3.8) is 0 Å². The molecule has 38 heavy (non-hydrogen) atoms. The Kier molecular flexibility index (Phi) is 8.46. The number of ether oxygens (including phenoxy) is 1. The number of ketones is 1. The van der Waals surface area contributed by atoms with E-state index in [1.54, 1.807) is 48.7 Å². The highest BCUT2D eigenvalue weighted by Gasteiger charge is 2.41. The molecule has 2 aromatic carbocycles. The number of halogens is 3. The Hall–Kier alpha value is -3.72. The van der Waals surface area contributed by atoms with Crippen LogP contribution in [0.3, 0.4) is 0 Å². The highest BCUT2D eigenvalue weighted by Crippen LogP contribution is 2.36. The fraction of sp³-hybridized carbons (Fsp3) is 0.345. The topological polar surface area (TPSA) is 80.3 Å². The zero-order valence-corrected chi connectivity index (χ0v) is 21.1. The highest BCUT2D eigenvalue weighted by atomic mass is 19.4. The summed E-state index contributed by atoms with van der Waals surface area (Å²) in [6, 6.07) is 15.7. The van der Waals surface area contributed by atoms with E-state index in [9.17, 15) is 22.8 Å². The second-order valence-electron chi connectivity index (χ2n) is 9.60. The van der Waals surface area contributed by atoms with Gasteiger partial charge >= 0.3 is 6.18 Å². The molecule has 0 aliphatic carbocycles. The standard InChI is InChI=1S/C29H30F3N3O3/c1-20-8-11-22(18-33-20)26(36)7-4-14-28(15-16-38-19-28)27(37)34-17-21-9-12-23(13-10-21)35-25-6-3-2-5-24(25)29(30,31)32/h2-3,5-6,8-13,18,35H,4,7,14-17,19H2,1H3,(H,34,37)/t28-/m1/s1. The van der Waals surface area contributed by atoms with Gasteiger partial charge in [-0.15, -0.1) is 0 Å². The molecule has 1 fully saturated rings. The number of alkyl halides is 3. The molecule has 0 bridgehead atoms. The lowest BCUT2D eigenvalue weighted by Gasteiger charge is -2.26. The lowest BCUT2D eigenvalue weighted by molar-refractivity contribution is -0.137. The molecule has 0 spiro atoms. The summed E-state index contributed by atoms with van der Waals surface area (Å²) in [6.45, 7) is 2.93. The van der Waals surface area contributed by atoms with E-state index >= 15 is 0 Å². The Morgan fingerprint density at radius 1 is 1.05 bits per heavy atom. The van der Waals surface area contributed by atoms with E-state index in [4.69, 9.17) is 4.74 Å². The number of nitrogens with one attached hydrogen (secondary N) is 2. The Morgan fingerprint density at radius 2 is 1.82 bits per heavy atom. The van der Waals surface area contributed by atoms with Gasteiger partial charge in [0.15, 0.2) is 5.78 Å². The first kappa shape index (κ1) is 27.3. The first-order valence-corrected chi connectivity index (χ1v) is 12.5. The molecule has 6 nitrogen and oxygen atoms in total. The van der Waals surface area contributed by atoms with Crippen molar-refractivity contribution in [1.29, 1.82) is 0 Å². The number of rotatable bonds is 10. The van der Waals surface area contributed by atoms with Gasteiger partial charge in [-0.3, -0.25) is 14.6 Å². The van der Waals surface area contributed by atoms with Gasteiger partial charge in [0.25, 0.3) is 0 Å². The predicted octanol–water partition coefficient (Wildman–Crippen LogP) is 6.23. The maximum absolute atomic E-state index is 13.3. The average Bonchev–Trinajstić information content (AvgIpc) is 3.38. The number of pyridine rings is 1. The zero-order valence-electron chi connectivity index (χ0n) is 21.1. The lowest BCUT2D eigenvalue weighted by atomic mass is 9.80. The van der Waals surface area contributed by atoms with Crippen LogP contribution in [-0.4, -0.2) is 29.9 Å². The Bertz CT molecular complexity index is 1250. The summed E-state index contributed by atoms with van der Waals surface area (Å²) < 4.78 is 45.3. The largest absolute Gasteiger partial charge is 0.418 e. The molecule has 2 heterocycles. The molecule has 4 rings (SSSR count). The van der Waals surface area contributed by atoms with Gasteiger partial charge in [-0.2, -0.15) is 13.2 Å². The van der Waals surface area contributed by atoms with Crippen molar-refractivity contribution in [1.82, 2.24) is 10.3 Å². The third-order valence-electron chi connectivity index (χ3n) is 6.80. The minimum absolute atomic E-state index is 0.00136. The molecule has 0 radical (unpaired) electrons. The summed E-state index contributed by atoms with van der Waals surface area (Å²) >= 11 is 0. The van der Waals surface area contributed by atoms with Crippen LogP contribution in [0.2, 0.25) is 0 Å². The molecule has 1 aliphatic heterocycles. The number of aromatic nitrogens is 1. The summed E-state index contributed by atoms with van der Waals surface area (Å²) in [5.74, 6) is -0.126. The summed E-state index contributed by atoms with van der Waals surface area (Å²) in [5, 5.41) is 5.79. The predicted molar refractivity (Wildman–Crippen MR) is 138 cm³/mol. The number of benzene rings is 2. The molecule has 1 amide bonds. The Balaban J connectivity index is 1.31. The summed E-state index contributed by atoms with van der Waals surface area (Å²) in [6.07, 6.45) is -0.880. The van der Waals surface area contributed by atoms with Crippen LogP contribution in [0.25, 0.3) is 0 Å². The van der Waals surface area contributed by atoms with Crippen molar-refractivity contribution in [3.8, 4) is 0 Å². The Morgan fingerprint density at radius 3 is 2.47 bits per heavy atom. The molecule has 1 saturated heterocycles. The number of hydrogen-bond donors (Lipinski definition) is 2. The number of aryl methyl sites for hydroxylation is 1. The Labute approximate surface area is 219 Å². The van der Waals surface area contributed by atoms with Crippen LogP contribution in [0.4, 0.5) is 24.5 Å². The van der Waals surface area contributed by atoms with Crippen LogP contribution in [0.1, 0.15) is 52.9 Å². The molecular weight excluding hydrogens is 495 g/mol. The molecule has 0 saturated carbocycles. The molecule has 1 atom stereocenters. The van der Waals surface area contributed by atoms with Gasteiger partial charge in [-0.1, -0.05) is 24.3 Å². The van der Waals surface area contributed by atoms with Crippen molar-refractivity contribution in [2.75, 3.05) is 18.5 Å². The number of amides is 1.